The summed E-state index contributed by atoms with van der Waals surface area (Å²) in [6.45, 7) is 4.67. The van der Waals surface area contributed by atoms with Crippen molar-refractivity contribution in [1.29, 1.82) is 0 Å². The molecule has 1 N–H and O–H groups in total. The Morgan fingerprint density at radius 1 is 0.974 bits per heavy atom. The van der Waals surface area contributed by atoms with Crippen molar-refractivity contribution in [1.82, 2.24) is 10.2 Å². The topological polar surface area (TPSA) is 86.8 Å². The number of nitrogens with one attached hydrogen (secondary N) is 1. The summed E-state index contributed by atoms with van der Waals surface area (Å²) in [5.41, 5.74) is 0.652. The van der Waals surface area contributed by atoms with Crippen LogP contribution in [0.4, 0.5) is 10.1 Å². The highest BCUT2D eigenvalue weighted by atomic mass is 35.5. The lowest BCUT2D eigenvalue weighted by Gasteiger charge is -2.32. The van der Waals surface area contributed by atoms with E-state index < -0.39 is 34.3 Å². The van der Waals surface area contributed by atoms with E-state index in [9.17, 15) is 22.4 Å². The molecule has 0 saturated heterocycles. The van der Waals surface area contributed by atoms with Crippen LogP contribution >= 0.6 is 23.2 Å². The Morgan fingerprint density at radius 2 is 1.67 bits per heavy atom. The van der Waals surface area contributed by atoms with Crippen LogP contribution in [-0.4, -0.2) is 43.8 Å². The molecule has 0 radical (unpaired) electrons. The lowest BCUT2D eigenvalue weighted by Crippen LogP contribution is -2.52. The number of halogens is 3. The van der Waals surface area contributed by atoms with Gasteiger partial charge in [-0.3, -0.25) is 13.9 Å². The van der Waals surface area contributed by atoms with Gasteiger partial charge in [0.05, 0.1) is 15.6 Å². The van der Waals surface area contributed by atoms with E-state index in [2.05, 4.69) is 5.32 Å². The number of rotatable bonds is 11. The van der Waals surface area contributed by atoms with Crippen molar-refractivity contribution < 1.29 is 22.4 Å². The van der Waals surface area contributed by atoms with Crippen LogP contribution in [0, 0.1) is 5.82 Å². The van der Waals surface area contributed by atoms with E-state index in [0.29, 0.717) is 17.0 Å². The van der Waals surface area contributed by atoms with Crippen molar-refractivity contribution in [3.63, 3.8) is 0 Å². The van der Waals surface area contributed by atoms with Crippen molar-refractivity contribution in [3.05, 3.63) is 94.2 Å². The number of benzene rings is 3. The van der Waals surface area contributed by atoms with Crippen molar-refractivity contribution >= 4 is 50.7 Å². The number of anilines is 1. The highest BCUT2D eigenvalue weighted by Crippen LogP contribution is 2.28. The van der Waals surface area contributed by atoms with Crippen LogP contribution in [0.25, 0.3) is 0 Å². The fraction of sp³-hybridized carbons (Fsp3) is 0.286. The Balaban J connectivity index is 2.04. The van der Waals surface area contributed by atoms with Gasteiger partial charge in [0.2, 0.25) is 11.8 Å². The third-order valence-electron chi connectivity index (χ3n) is 6.21. The third-order valence-corrected chi connectivity index (χ3v) is 8.52. The van der Waals surface area contributed by atoms with Gasteiger partial charge in [-0.2, -0.15) is 0 Å². The Kier molecular flexibility index (Phi) is 10.4. The van der Waals surface area contributed by atoms with E-state index in [4.69, 9.17) is 23.2 Å². The van der Waals surface area contributed by atoms with Crippen LogP contribution < -0.4 is 9.62 Å². The molecular formula is C28H30Cl2FN3O4S. The molecule has 0 aliphatic heterocycles. The first-order valence-corrected chi connectivity index (χ1v) is 14.5. The minimum Gasteiger partial charge on any atom is -0.352 e. The summed E-state index contributed by atoms with van der Waals surface area (Å²) in [6.07, 6.45) is 0.690. The van der Waals surface area contributed by atoms with Gasteiger partial charge in [-0.1, -0.05) is 60.5 Å². The Morgan fingerprint density at radius 3 is 2.28 bits per heavy atom. The average Bonchev–Trinajstić information content (AvgIpc) is 2.91. The maximum atomic E-state index is 13.9. The Hall–Kier alpha value is -3.14. The number of hydrogen-bond acceptors (Lipinski definition) is 4. The van der Waals surface area contributed by atoms with E-state index in [1.807, 2.05) is 13.8 Å². The number of nitrogens with zero attached hydrogens (tertiary/aromatic N) is 2. The molecular weight excluding hydrogens is 564 g/mol. The highest BCUT2D eigenvalue weighted by molar-refractivity contribution is 7.92. The Labute approximate surface area is 238 Å². The molecule has 0 aliphatic carbocycles. The predicted octanol–water partition coefficient (Wildman–Crippen LogP) is 5.66. The molecule has 0 spiro atoms. The van der Waals surface area contributed by atoms with Crippen molar-refractivity contribution in [2.45, 2.75) is 50.7 Å². The summed E-state index contributed by atoms with van der Waals surface area (Å²) in [6, 6.07) is 16.7. The molecule has 7 nitrogen and oxygen atoms in total. The third kappa shape index (κ3) is 7.71. The zero-order chi connectivity index (χ0) is 28.7. The van der Waals surface area contributed by atoms with Gasteiger partial charge < -0.3 is 10.2 Å². The maximum Gasteiger partial charge on any atom is 0.264 e. The van der Waals surface area contributed by atoms with Crippen molar-refractivity contribution in [2.75, 3.05) is 10.8 Å². The quantitative estimate of drug-likeness (QED) is 0.311. The minimum absolute atomic E-state index is 0.00183. The molecule has 2 unspecified atom stereocenters. The summed E-state index contributed by atoms with van der Waals surface area (Å²) in [5, 5.41) is 3.02. The number of carbonyl (C=O) groups excluding carboxylic acids is 2. The second-order valence-corrected chi connectivity index (χ2v) is 11.8. The van der Waals surface area contributed by atoms with Crippen molar-refractivity contribution in [2.24, 2.45) is 0 Å². The maximum absolute atomic E-state index is 13.9. The first-order chi connectivity index (χ1) is 18.4. The van der Waals surface area contributed by atoms with Gasteiger partial charge in [-0.15, -0.1) is 0 Å². The summed E-state index contributed by atoms with van der Waals surface area (Å²) in [5.74, 6) is -1.77. The van der Waals surface area contributed by atoms with E-state index in [1.165, 1.54) is 23.1 Å². The van der Waals surface area contributed by atoms with Gasteiger partial charge in [-0.25, -0.2) is 12.8 Å². The highest BCUT2D eigenvalue weighted by Gasteiger charge is 2.33. The molecule has 3 aromatic rings. The second-order valence-electron chi connectivity index (χ2n) is 9.07. The number of amides is 2. The van der Waals surface area contributed by atoms with Crippen LogP contribution in [0.3, 0.4) is 0 Å². The predicted molar refractivity (Wildman–Crippen MR) is 152 cm³/mol. The standard InChI is InChI=1S/C28H30Cl2FN3O4S/c1-4-19(2)32-28(36)20(3)33(17-21-9-8-10-22(29)15-21)27(35)18-34(23-13-14-26(31)25(30)16-23)39(37,38)24-11-6-5-7-12-24/h5-16,19-20H,4,17-18H2,1-3H3,(H,32,36). The normalized spacial score (nSPS) is 12.9. The molecule has 0 saturated carbocycles. The smallest absolute Gasteiger partial charge is 0.264 e. The van der Waals surface area contributed by atoms with Gasteiger partial charge in [0.25, 0.3) is 10.0 Å². The van der Waals surface area contributed by atoms with Gasteiger partial charge >= 0.3 is 0 Å². The van der Waals surface area contributed by atoms with E-state index in [0.717, 1.165) is 16.4 Å². The lowest BCUT2D eigenvalue weighted by molar-refractivity contribution is -0.139. The number of hydrogen-bond donors (Lipinski definition) is 1. The van der Waals surface area contributed by atoms with Crippen LogP contribution in [0.2, 0.25) is 10.0 Å². The fourth-order valence-corrected chi connectivity index (χ4v) is 5.58. The summed E-state index contributed by atoms with van der Waals surface area (Å²) < 4.78 is 42.2. The van der Waals surface area contributed by atoms with Crippen LogP contribution in [0.1, 0.15) is 32.8 Å². The van der Waals surface area contributed by atoms with Crippen LogP contribution in [0.15, 0.2) is 77.7 Å². The molecule has 0 heterocycles. The van der Waals surface area contributed by atoms with E-state index >= 15 is 0 Å². The molecule has 39 heavy (non-hydrogen) atoms. The van der Waals surface area contributed by atoms with Gasteiger partial charge in [0, 0.05) is 17.6 Å². The molecule has 0 bridgehead atoms. The molecule has 208 valence electrons. The van der Waals surface area contributed by atoms with Crippen LogP contribution in [0.5, 0.6) is 0 Å². The van der Waals surface area contributed by atoms with Gasteiger partial charge in [0.1, 0.15) is 18.4 Å². The van der Waals surface area contributed by atoms with Crippen LogP contribution in [-0.2, 0) is 26.2 Å². The fourth-order valence-electron chi connectivity index (χ4n) is 3.77. The summed E-state index contributed by atoms with van der Waals surface area (Å²) >= 11 is 12.1. The zero-order valence-electron chi connectivity index (χ0n) is 21.8. The molecule has 11 heteroatoms. The lowest BCUT2D eigenvalue weighted by atomic mass is 10.1. The van der Waals surface area contributed by atoms with Gasteiger partial charge in [-0.05, 0) is 68.3 Å². The summed E-state index contributed by atoms with van der Waals surface area (Å²) in [4.78, 5) is 28.1. The SMILES string of the molecule is CCC(C)NC(=O)C(C)N(Cc1cccc(Cl)c1)C(=O)CN(c1ccc(F)c(Cl)c1)S(=O)(=O)c1ccccc1. The Bertz CT molecular complexity index is 1420. The molecule has 0 aromatic heterocycles. The largest absolute Gasteiger partial charge is 0.352 e. The molecule has 0 fully saturated rings. The number of carbonyl (C=O) groups is 2. The first kappa shape index (κ1) is 30.4. The average molecular weight is 595 g/mol. The molecule has 2 atom stereocenters. The van der Waals surface area contributed by atoms with E-state index in [1.54, 1.807) is 49.4 Å². The molecule has 0 aliphatic rings. The van der Waals surface area contributed by atoms with Gasteiger partial charge in [0.15, 0.2) is 0 Å². The van der Waals surface area contributed by atoms with E-state index in [-0.39, 0.29) is 34.1 Å². The van der Waals surface area contributed by atoms with Crippen molar-refractivity contribution in [3.8, 4) is 0 Å². The zero-order valence-corrected chi connectivity index (χ0v) is 24.1. The molecule has 3 rings (SSSR count). The second kappa shape index (κ2) is 13.3. The molecule has 2 amide bonds. The summed E-state index contributed by atoms with van der Waals surface area (Å²) in [7, 11) is -4.28. The first-order valence-electron chi connectivity index (χ1n) is 12.3. The monoisotopic (exact) mass is 593 g/mol. The minimum atomic E-state index is -4.28. The molecule has 3 aromatic carbocycles. The number of sulfonamides is 1.